The predicted octanol–water partition coefficient (Wildman–Crippen LogP) is 6.25. The largest absolute Gasteiger partial charge is 0.497 e. The van der Waals surface area contributed by atoms with Gasteiger partial charge < -0.3 is 20.1 Å². The van der Waals surface area contributed by atoms with Crippen LogP contribution >= 0.6 is 11.6 Å². The number of hydrogen-bond donors (Lipinski definition) is 2. The quantitative estimate of drug-likeness (QED) is 0.313. The maximum Gasteiger partial charge on any atom is 0.261 e. The Hall–Kier alpha value is -4.23. The lowest BCUT2D eigenvalue weighted by Gasteiger charge is -2.26. The van der Waals surface area contributed by atoms with Gasteiger partial charge in [0.05, 0.1) is 26.0 Å². The lowest BCUT2D eigenvalue weighted by molar-refractivity contribution is 0.102. The van der Waals surface area contributed by atoms with Gasteiger partial charge in [-0.2, -0.15) is 5.10 Å². The minimum absolute atomic E-state index is 0.244. The third kappa shape index (κ3) is 4.78. The molecule has 0 radical (unpaired) electrons. The minimum atomic E-state index is -0.269. The van der Waals surface area contributed by atoms with Gasteiger partial charge in [-0.25, -0.2) is 4.68 Å². The zero-order chi connectivity index (χ0) is 25.1. The zero-order valence-corrected chi connectivity index (χ0v) is 20.6. The first-order valence-corrected chi connectivity index (χ1v) is 11.9. The molecule has 1 aliphatic rings. The van der Waals surface area contributed by atoms with E-state index in [1.54, 1.807) is 18.0 Å². The maximum atomic E-state index is 13.3. The van der Waals surface area contributed by atoms with E-state index in [-0.39, 0.29) is 11.9 Å². The molecular formula is C28H25ClN4O3. The molecule has 36 heavy (non-hydrogen) atoms. The predicted molar refractivity (Wildman–Crippen MR) is 142 cm³/mol. The Labute approximate surface area is 214 Å². The van der Waals surface area contributed by atoms with Gasteiger partial charge in [0.25, 0.3) is 5.91 Å². The number of anilines is 2. The summed E-state index contributed by atoms with van der Waals surface area (Å²) in [7, 11) is 1.64. The van der Waals surface area contributed by atoms with E-state index < -0.39 is 0 Å². The molecule has 0 spiro atoms. The molecule has 5 rings (SSSR count). The molecule has 2 heterocycles. The van der Waals surface area contributed by atoms with Gasteiger partial charge in [0.15, 0.2) is 0 Å². The van der Waals surface area contributed by atoms with Crippen LogP contribution in [0.5, 0.6) is 11.5 Å². The normalized spacial score (nSPS) is 14.3. The van der Waals surface area contributed by atoms with Crippen LogP contribution in [0.1, 0.15) is 34.5 Å². The molecule has 1 aromatic heterocycles. The number of rotatable bonds is 7. The van der Waals surface area contributed by atoms with Gasteiger partial charge in [0.1, 0.15) is 22.9 Å². The number of fused-ring (bicyclic) bond motifs is 1. The molecule has 1 atom stereocenters. The van der Waals surface area contributed by atoms with E-state index in [0.717, 1.165) is 28.3 Å². The number of ether oxygens (including phenoxy) is 2. The monoisotopic (exact) mass is 500 g/mol. The molecule has 3 aromatic carbocycles. The van der Waals surface area contributed by atoms with Crippen molar-refractivity contribution in [3.05, 3.63) is 107 Å². The topological polar surface area (TPSA) is 77.4 Å². The van der Waals surface area contributed by atoms with Crippen molar-refractivity contribution in [3.63, 3.8) is 0 Å². The Kier molecular flexibility index (Phi) is 6.64. The van der Waals surface area contributed by atoms with Crippen molar-refractivity contribution in [1.82, 2.24) is 9.78 Å². The standard InChI is InChI=1S/C28H25ClN4O3/c1-3-36-22-13-11-21(12-14-22)31-28(34)24-17-30-33-26(18-7-9-20(29)10-8-18)16-25(32-27(24)33)19-5-4-6-23(15-19)35-2/h4-17,26,32H,3H2,1-2H3,(H,31,34)/t26-/m1/s1. The molecule has 4 aromatic rings. The molecule has 0 aliphatic carbocycles. The fraction of sp³-hybridized carbons (Fsp3) is 0.143. The number of amides is 1. The van der Waals surface area contributed by atoms with Crippen LogP contribution in [0.2, 0.25) is 5.02 Å². The fourth-order valence-corrected chi connectivity index (χ4v) is 4.24. The summed E-state index contributed by atoms with van der Waals surface area (Å²) in [5.74, 6) is 1.82. The van der Waals surface area contributed by atoms with Gasteiger partial charge in [-0.15, -0.1) is 0 Å². The van der Waals surface area contributed by atoms with Crippen molar-refractivity contribution >= 4 is 34.7 Å². The number of hydrogen-bond acceptors (Lipinski definition) is 5. The average Bonchev–Trinajstić information content (AvgIpc) is 3.34. The molecule has 0 saturated heterocycles. The molecule has 0 saturated carbocycles. The van der Waals surface area contributed by atoms with Crippen LogP contribution in [-0.2, 0) is 0 Å². The van der Waals surface area contributed by atoms with E-state index in [1.807, 2.05) is 79.7 Å². The number of carbonyl (C=O) groups excluding carboxylic acids is 1. The summed E-state index contributed by atoms with van der Waals surface area (Å²) in [4.78, 5) is 13.3. The van der Waals surface area contributed by atoms with Gasteiger partial charge in [-0.1, -0.05) is 35.9 Å². The van der Waals surface area contributed by atoms with E-state index in [9.17, 15) is 4.79 Å². The molecule has 1 amide bonds. The first-order chi connectivity index (χ1) is 17.6. The summed E-state index contributed by atoms with van der Waals surface area (Å²) >= 11 is 6.13. The number of benzene rings is 3. The second-order valence-corrected chi connectivity index (χ2v) is 8.63. The Morgan fingerprint density at radius 2 is 1.86 bits per heavy atom. The van der Waals surface area contributed by atoms with Gasteiger partial charge >= 0.3 is 0 Å². The highest BCUT2D eigenvalue weighted by Crippen LogP contribution is 2.36. The number of halogens is 1. The minimum Gasteiger partial charge on any atom is -0.497 e. The van der Waals surface area contributed by atoms with Crippen LogP contribution in [0.4, 0.5) is 11.5 Å². The van der Waals surface area contributed by atoms with Crippen molar-refractivity contribution in [1.29, 1.82) is 0 Å². The van der Waals surface area contributed by atoms with Crippen LogP contribution in [0.3, 0.4) is 0 Å². The maximum absolute atomic E-state index is 13.3. The third-order valence-electron chi connectivity index (χ3n) is 5.90. The fourth-order valence-electron chi connectivity index (χ4n) is 4.12. The summed E-state index contributed by atoms with van der Waals surface area (Å²) in [6.45, 7) is 2.51. The third-order valence-corrected chi connectivity index (χ3v) is 6.15. The highest BCUT2D eigenvalue weighted by atomic mass is 35.5. The molecule has 7 nitrogen and oxygen atoms in total. The van der Waals surface area contributed by atoms with Crippen LogP contribution < -0.4 is 20.1 Å². The van der Waals surface area contributed by atoms with E-state index in [1.165, 1.54) is 0 Å². The van der Waals surface area contributed by atoms with Crippen LogP contribution in [0, 0.1) is 0 Å². The van der Waals surface area contributed by atoms with Crippen molar-refractivity contribution in [2.45, 2.75) is 13.0 Å². The summed E-state index contributed by atoms with van der Waals surface area (Å²) in [5.41, 5.74) is 3.85. The average molecular weight is 501 g/mol. The Morgan fingerprint density at radius 3 is 2.58 bits per heavy atom. The van der Waals surface area contributed by atoms with E-state index >= 15 is 0 Å². The highest BCUT2D eigenvalue weighted by molar-refractivity contribution is 6.30. The van der Waals surface area contributed by atoms with Crippen molar-refractivity contribution < 1.29 is 14.3 Å². The second kappa shape index (κ2) is 10.2. The van der Waals surface area contributed by atoms with E-state index in [0.29, 0.717) is 28.7 Å². The van der Waals surface area contributed by atoms with Gasteiger partial charge in [0.2, 0.25) is 0 Å². The van der Waals surface area contributed by atoms with Crippen molar-refractivity contribution in [2.24, 2.45) is 0 Å². The van der Waals surface area contributed by atoms with Crippen LogP contribution in [0.15, 0.2) is 85.1 Å². The Balaban J connectivity index is 1.50. The zero-order valence-electron chi connectivity index (χ0n) is 19.9. The summed E-state index contributed by atoms with van der Waals surface area (Å²) in [6, 6.07) is 22.4. The lowest BCUT2D eigenvalue weighted by atomic mass is 10.0. The van der Waals surface area contributed by atoms with Gasteiger partial charge in [-0.05, 0) is 67.1 Å². The molecule has 0 bridgehead atoms. The number of allylic oxidation sites excluding steroid dienone is 1. The van der Waals surface area contributed by atoms with Gasteiger partial charge in [0, 0.05) is 22.0 Å². The molecule has 182 valence electrons. The summed E-state index contributed by atoms with van der Waals surface area (Å²) in [6.07, 6.45) is 3.66. The Morgan fingerprint density at radius 1 is 1.08 bits per heavy atom. The van der Waals surface area contributed by atoms with Crippen molar-refractivity contribution in [2.75, 3.05) is 24.4 Å². The smallest absolute Gasteiger partial charge is 0.261 e. The van der Waals surface area contributed by atoms with E-state index in [2.05, 4.69) is 21.8 Å². The molecule has 8 heteroatoms. The first-order valence-electron chi connectivity index (χ1n) is 11.6. The Bertz CT molecular complexity index is 1410. The van der Waals surface area contributed by atoms with Crippen molar-refractivity contribution in [3.8, 4) is 11.5 Å². The molecule has 0 unspecified atom stereocenters. The molecule has 2 N–H and O–H groups in total. The number of carbonyl (C=O) groups is 1. The van der Waals surface area contributed by atoms with Crippen LogP contribution in [0.25, 0.3) is 5.70 Å². The molecule has 0 fully saturated rings. The van der Waals surface area contributed by atoms with E-state index in [4.69, 9.17) is 21.1 Å². The summed E-state index contributed by atoms with van der Waals surface area (Å²) < 4.78 is 12.7. The number of methoxy groups -OCH3 is 1. The highest BCUT2D eigenvalue weighted by Gasteiger charge is 2.28. The first kappa shape index (κ1) is 23.5. The molecular weight excluding hydrogens is 476 g/mol. The number of aromatic nitrogens is 2. The number of nitrogens with zero attached hydrogens (tertiary/aromatic N) is 2. The SMILES string of the molecule is CCOc1ccc(NC(=O)c2cnn3c2NC(c2cccc(OC)c2)=C[C@@H]3c2ccc(Cl)cc2)cc1. The van der Waals surface area contributed by atoms with Gasteiger partial charge in [-0.3, -0.25) is 4.79 Å². The molecule has 1 aliphatic heterocycles. The summed E-state index contributed by atoms with van der Waals surface area (Å²) in [5, 5.41) is 11.6. The lowest BCUT2D eigenvalue weighted by Crippen LogP contribution is -2.22. The second-order valence-electron chi connectivity index (χ2n) is 8.20. The van der Waals surface area contributed by atoms with Crippen LogP contribution in [-0.4, -0.2) is 29.4 Å². The number of nitrogens with one attached hydrogen (secondary N) is 2.